The second-order valence-corrected chi connectivity index (χ2v) is 6.34. The second kappa shape index (κ2) is 6.99. The van der Waals surface area contributed by atoms with E-state index in [1.165, 1.54) is 0 Å². The van der Waals surface area contributed by atoms with Crippen LogP contribution in [-0.4, -0.2) is 22.9 Å². The van der Waals surface area contributed by atoms with Crippen molar-refractivity contribution in [2.75, 3.05) is 18.8 Å². The fourth-order valence-electron chi connectivity index (χ4n) is 3.20. The summed E-state index contributed by atoms with van der Waals surface area (Å²) in [6.07, 6.45) is 2.27. The van der Waals surface area contributed by atoms with Crippen molar-refractivity contribution >= 4 is 5.82 Å². The Balaban J connectivity index is 1.52. The number of benzene rings is 2. The molecule has 1 saturated heterocycles. The highest BCUT2D eigenvalue weighted by Crippen LogP contribution is 2.28. The zero-order valence-electron chi connectivity index (χ0n) is 14.1. The van der Waals surface area contributed by atoms with E-state index in [1.807, 2.05) is 65.3 Å². The zero-order valence-corrected chi connectivity index (χ0v) is 14.1. The Bertz CT molecular complexity index is 821. The molecule has 3 N–H and O–H groups in total. The molecule has 5 heteroatoms. The minimum Gasteiger partial charge on any atom is -0.457 e. The molecule has 2 aromatic carbocycles. The van der Waals surface area contributed by atoms with E-state index >= 15 is 0 Å². The number of ether oxygens (including phenoxy) is 1. The maximum absolute atomic E-state index is 6.19. The monoisotopic (exact) mass is 334 g/mol. The van der Waals surface area contributed by atoms with E-state index in [0.717, 1.165) is 48.7 Å². The topological polar surface area (TPSA) is 65.1 Å². The zero-order chi connectivity index (χ0) is 17.1. The van der Waals surface area contributed by atoms with Crippen LogP contribution < -0.4 is 15.8 Å². The average Bonchev–Trinajstić information content (AvgIpc) is 3.06. The van der Waals surface area contributed by atoms with Gasteiger partial charge in [-0.25, -0.2) is 4.68 Å². The Hall–Kier alpha value is -2.79. The highest BCUT2D eigenvalue weighted by atomic mass is 16.5. The Morgan fingerprint density at radius 1 is 1.04 bits per heavy atom. The number of nitrogen functional groups attached to an aromatic ring is 1. The third-order valence-corrected chi connectivity index (χ3v) is 4.51. The van der Waals surface area contributed by atoms with Crippen molar-refractivity contribution in [3.8, 4) is 22.8 Å². The van der Waals surface area contributed by atoms with Gasteiger partial charge >= 0.3 is 0 Å². The fourth-order valence-corrected chi connectivity index (χ4v) is 3.20. The molecular formula is C20H22N4O. The largest absolute Gasteiger partial charge is 0.457 e. The van der Waals surface area contributed by atoms with Gasteiger partial charge in [0.05, 0.1) is 11.7 Å². The van der Waals surface area contributed by atoms with Crippen LogP contribution in [0, 0.1) is 0 Å². The van der Waals surface area contributed by atoms with Gasteiger partial charge in [-0.2, -0.15) is 5.10 Å². The SMILES string of the molecule is Nc1cc(-c2ccc(Oc3ccccc3)cc2)nn1[C@H]1CCCNC1. The van der Waals surface area contributed by atoms with Crippen LogP contribution >= 0.6 is 0 Å². The predicted molar refractivity (Wildman–Crippen MR) is 99.7 cm³/mol. The summed E-state index contributed by atoms with van der Waals surface area (Å²) in [6.45, 7) is 2.00. The normalized spacial score (nSPS) is 17.4. The van der Waals surface area contributed by atoms with Crippen molar-refractivity contribution in [1.82, 2.24) is 15.1 Å². The molecule has 2 heterocycles. The molecular weight excluding hydrogens is 312 g/mol. The molecule has 1 atom stereocenters. The predicted octanol–water partition coefficient (Wildman–Crippen LogP) is 3.85. The van der Waals surface area contributed by atoms with Gasteiger partial charge in [-0.15, -0.1) is 0 Å². The fraction of sp³-hybridized carbons (Fsp3) is 0.250. The molecule has 1 aliphatic heterocycles. The van der Waals surface area contributed by atoms with Crippen LogP contribution in [0.3, 0.4) is 0 Å². The van der Waals surface area contributed by atoms with Gasteiger partial charge in [0.25, 0.3) is 0 Å². The standard InChI is InChI=1S/C20H22N4O/c21-20-13-19(23-24(20)16-5-4-12-22-14-16)15-8-10-18(11-9-15)25-17-6-2-1-3-7-17/h1-3,6-11,13,16,22H,4-5,12,14,21H2/t16-/m0/s1. The maximum atomic E-state index is 6.19. The van der Waals surface area contributed by atoms with E-state index in [4.69, 9.17) is 15.6 Å². The van der Waals surface area contributed by atoms with E-state index in [-0.39, 0.29) is 0 Å². The van der Waals surface area contributed by atoms with Crippen molar-refractivity contribution in [2.45, 2.75) is 18.9 Å². The number of nitrogens with two attached hydrogens (primary N) is 1. The van der Waals surface area contributed by atoms with Crippen molar-refractivity contribution in [1.29, 1.82) is 0 Å². The first-order valence-electron chi connectivity index (χ1n) is 8.69. The molecule has 0 radical (unpaired) electrons. The average molecular weight is 334 g/mol. The number of aromatic nitrogens is 2. The summed E-state index contributed by atoms with van der Waals surface area (Å²) in [5.41, 5.74) is 8.12. The highest BCUT2D eigenvalue weighted by Gasteiger charge is 2.19. The molecule has 4 rings (SSSR count). The first-order valence-corrected chi connectivity index (χ1v) is 8.69. The molecule has 0 saturated carbocycles. The summed E-state index contributed by atoms with van der Waals surface area (Å²) in [4.78, 5) is 0. The van der Waals surface area contributed by atoms with Crippen molar-refractivity contribution in [2.24, 2.45) is 0 Å². The van der Waals surface area contributed by atoms with E-state index < -0.39 is 0 Å². The summed E-state index contributed by atoms with van der Waals surface area (Å²) < 4.78 is 7.79. The van der Waals surface area contributed by atoms with Crippen LogP contribution in [0.4, 0.5) is 5.82 Å². The molecule has 0 unspecified atom stereocenters. The molecule has 0 bridgehead atoms. The van der Waals surface area contributed by atoms with Crippen LogP contribution in [0.15, 0.2) is 60.7 Å². The number of nitrogens with zero attached hydrogens (tertiary/aromatic N) is 2. The third kappa shape index (κ3) is 3.51. The molecule has 0 aliphatic carbocycles. The lowest BCUT2D eigenvalue weighted by atomic mass is 10.1. The van der Waals surface area contributed by atoms with Gasteiger partial charge in [0, 0.05) is 18.2 Å². The van der Waals surface area contributed by atoms with Gasteiger partial charge in [0.15, 0.2) is 0 Å². The second-order valence-electron chi connectivity index (χ2n) is 6.34. The van der Waals surface area contributed by atoms with Gasteiger partial charge in [-0.05, 0) is 55.8 Å². The van der Waals surface area contributed by atoms with Gasteiger partial charge in [0.2, 0.25) is 0 Å². The van der Waals surface area contributed by atoms with Crippen LogP contribution in [0.25, 0.3) is 11.3 Å². The number of piperidine rings is 1. The molecule has 25 heavy (non-hydrogen) atoms. The third-order valence-electron chi connectivity index (χ3n) is 4.51. The summed E-state index contributed by atoms with van der Waals surface area (Å²) >= 11 is 0. The number of hydrogen-bond acceptors (Lipinski definition) is 4. The summed E-state index contributed by atoms with van der Waals surface area (Å²) in [6, 6.07) is 20.0. The lowest BCUT2D eigenvalue weighted by Crippen LogP contribution is -2.32. The summed E-state index contributed by atoms with van der Waals surface area (Å²) in [7, 11) is 0. The first-order chi connectivity index (χ1) is 12.3. The summed E-state index contributed by atoms with van der Waals surface area (Å²) in [5.74, 6) is 2.35. The Labute approximate surface area is 147 Å². The van der Waals surface area contributed by atoms with Crippen molar-refractivity contribution < 1.29 is 4.74 Å². The number of nitrogens with one attached hydrogen (secondary N) is 1. The van der Waals surface area contributed by atoms with Crippen LogP contribution in [0.2, 0.25) is 0 Å². The lowest BCUT2D eigenvalue weighted by Gasteiger charge is -2.23. The molecule has 0 amide bonds. The number of rotatable bonds is 4. The molecule has 0 spiro atoms. The van der Waals surface area contributed by atoms with E-state index in [1.54, 1.807) is 0 Å². The van der Waals surface area contributed by atoms with Gasteiger partial charge < -0.3 is 15.8 Å². The van der Waals surface area contributed by atoms with E-state index in [0.29, 0.717) is 11.9 Å². The molecule has 1 fully saturated rings. The number of hydrogen-bond donors (Lipinski definition) is 2. The van der Waals surface area contributed by atoms with Crippen molar-refractivity contribution in [3.05, 3.63) is 60.7 Å². The Morgan fingerprint density at radius 3 is 2.52 bits per heavy atom. The quantitative estimate of drug-likeness (QED) is 0.760. The number of para-hydroxylation sites is 1. The maximum Gasteiger partial charge on any atom is 0.127 e. The van der Waals surface area contributed by atoms with Crippen LogP contribution in [-0.2, 0) is 0 Å². The minimum absolute atomic E-state index is 0.336. The van der Waals surface area contributed by atoms with E-state index in [9.17, 15) is 0 Å². The van der Waals surface area contributed by atoms with Gasteiger partial charge in [-0.1, -0.05) is 18.2 Å². The van der Waals surface area contributed by atoms with Crippen LogP contribution in [0.1, 0.15) is 18.9 Å². The Kier molecular flexibility index (Phi) is 4.39. The molecule has 5 nitrogen and oxygen atoms in total. The highest BCUT2D eigenvalue weighted by molar-refractivity contribution is 5.63. The molecule has 128 valence electrons. The van der Waals surface area contributed by atoms with Crippen LogP contribution in [0.5, 0.6) is 11.5 Å². The van der Waals surface area contributed by atoms with Crippen molar-refractivity contribution in [3.63, 3.8) is 0 Å². The molecule has 1 aliphatic rings. The summed E-state index contributed by atoms with van der Waals surface area (Å²) in [5, 5.41) is 8.14. The smallest absolute Gasteiger partial charge is 0.127 e. The van der Waals surface area contributed by atoms with E-state index in [2.05, 4.69) is 5.32 Å². The van der Waals surface area contributed by atoms with Gasteiger partial charge in [0.1, 0.15) is 17.3 Å². The lowest BCUT2D eigenvalue weighted by molar-refractivity contribution is 0.351. The Morgan fingerprint density at radius 2 is 1.80 bits per heavy atom. The minimum atomic E-state index is 0.336. The molecule has 1 aromatic heterocycles. The molecule has 3 aromatic rings. The first kappa shape index (κ1) is 15.7. The van der Waals surface area contributed by atoms with Gasteiger partial charge in [-0.3, -0.25) is 0 Å². The number of anilines is 1.